The van der Waals surface area contributed by atoms with Crippen molar-refractivity contribution in [2.24, 2.45) is 5.92 Å². The Morgan fingerprint density at radius 2 is 1.89 bits per heavy atom. The number of alkyl halides is 3. The van der Waals surface area contributed by atoms with Gasteiger partial charge in [0, 0.05) is 30.8 Å². The number of anilines is 1. The van der Waals surface area contributed by atoms with E-state index in [-0.39, 0.29) is 24.2 Å². The standard InChI is InChI=1S/C21H25F3N2O2/c22-21(23,24)17-8-10-18(11-9-17)25-19(27)12-7-15-4-3-13-26(14-15)20(28)16-5-1-2-6-16/h5,8-11,15H,1-4,6-7,12-14H2,(H,25,27)/t15-/m1/s1. The predicted molar refractivity (Wildman–Crippen MR) is 101 cm³/mol. The number of hydrogen-bond acceptors (Lipinski definition) is 2. The molecule has 1 fully saturated rings. The first-order chi connectivity index (χ1) is 13.3. The molecule has 0 saturated carbocycles. The van der Waals surface area contributed by atoms with E-state index in [1.165, 1.54) is 12.1 Å². The van der Waals surface area contributed by atoms with Gasteiger partial charge in [0.15, 0.2) is 0 Å². The molecule has 152 valence electrons. The van der Waals surface area contributed by atoms with Crippen molar-refractivity contribution in [3.05, 3.63) is 41.5 Å². The highest BCUT2D eigenvalue weighted by atomic mass is 19.4. The molecule has 2 aliphatic rings. The smallest absolute Gasteiger partial charge is 0.339 e. The van der Waals surface area contributed by atoms with E-state index in [1.54, 1.807) is 0 Å². The van der Waals surface area contributed by atoms with Crippen LogP contribution >= 0.6 is 0 Å². The van der Waals surface area contributed by atoms with Crippen molar-refractivity contribution in [1.82, 2.24) is 4.90 Å². The van der Waals surface area contributed by atoms with Gasteiger partial charge in [0.1, 0.15) is 0 Å². The first kappa shape index (κ1) is 20.4. The number of hydrogen-bond donors (Lipinski definition) is 1. The topological polar surface area (TPSA) is 49.4 Å². The third kappa shape index (κ3) is 5.36. The molecule has 4 nitrogen and oxygen atoms in total. The van der Waals surface area contributed by atoms with Crippen molar-refractivity contribution in [3.63, 3.8) is 0 Å². The first-order valence-electron chi connectivity index (χ1n) is 9.78. The Labute approximate surface area is 162 Å². The number of piperidine rings is 1. The number of halogens is 3. The van der Waals surface area contributed by atoms with E-state index < -0.39 is 11.7 Å². The summed E-state index contributed by atoms with van der Waals surface area (Å²) in [6.45, 7) is 1.44. The van der Waals surface area contributed by atoms with Gasteiger partial charge in [-0.2, -0.15) is 13.2 Å². The summed E-state index contributed by atoms with van der Waals surface area (Å²) < 4.78 is 37.7. The third-order valence-corrected chi connectivity index (χ3v) is 5.40. The van der Waals surface area contributed by atoms with Gasteiger partial charge >= 0.3 is 6.18 Å². The Bertz CT molecular complexity index is 741. The molecule has 1 atom stereocenters. The molecule has 1 aromatic rings. The molecule has 3 rings (SSSR count). The minimum absolute atomic E-state index is 0.136. The zero-order chi connectivity index (χ0) is 20.1. The molecule has 1 aliphatic heterocycles. The summed E-state index contributed by atoms with van der Waals surface area (Å²) in [6.07, 6.45) is 3.39. The number of benzene rings is 1. The fraction of sp³-hybridized carbons (Fsp3) is 0.524. The number of nitrogens with one attached hydrogen (secondary N) is 1. The van der Waals surface area contributed by atoms with Crippen molar-refractivity contribution in [1.29, 1.82) is 0 Å². The van der Waals surface area contributed by atoms with E-state index >= 15 is 0 Å². The number of rotatable bonds is 5. The van der Waals surface area contributed by atoms with Crippen LogP contribution in [0.1, 0.15) is 50.5 Å². The maximum Gasteiger partial charge on any atom is 0.416 e. The van der Waals surface area contributed by atoms with Gasteiger partial charge in [-0.3, -0.25) is 9.59 Å². The van der Waals surface area contributed by atoms with Crippen LogP contribution in [0.15, 0.2) is 35.9 Å². The number of nitrogens with zero attached hydrogens (tertiary/aromatic N) is 1. The quantitative estimate of drug-likeness (QED) is 0.782. The van der Waals surface area contributed by atoms with Crippen LogP contribution in [-0.2, 0) is 15.8 Å². The SMILES string of the molecule is O=C(CC[C@H]1CCCN(C(=O)C2=CCCC2)C1)Nc1ccc(C(F)(F)F)cc1. The molecule has 1 aliphatic carbocycles. The van der Waals surface area contributed by atoms with Gasteiger partial charge in [-0.25, -0.2) is 0 Å². The van der Waals surface area contributed by atoms with E-state index in [2.05, 4.69) is 5.32 Å². The second-order valence-corrected chi connectivity index (χ2v) is 7.54. The molecular formula is C21H25F3N2O2. The second kappa shape index (κ2) is 8.80. The minimum Gasteiger partial charge on any atom is -0.339 e. The lowest BCUT2D eigenvalue weighted by atomic mass is 9.92. The lowest BCUT2D eigenvalue weighted by molar-refractivity contribution is -0.137. The molecule has 1 saturated heterocycles. The number of likely N-dealkylation sites (tertiary alicyclic amines) is 1. The summed E-state index contributed by atoms with van der Waals surface area (Å²) >= 11 is 0. The fourth-order valence-electron chi connectivity index (χ4n) is 3.85. The zero-order valence-corrected chi connectivity index (χ0v) is 15.7. The van der Waals surface area contributed by atoms with E-state index in [4.69, 9.17) is 0 Å². The Balaban J connectivity index is 1.45. The Morgan fingerprint density at radius 3 is 2.54 bits per heavy atom. The van der Waals surface area contributed by atoms with Crippen molar-refractivity contribution < 1.29 is 22.8 Å². The molecule has 7 heteroatoms. The summed E-state index contributed by atoms with van der Waals surface area (Å²) in [6, 6.07) is 4.43. The first-order valence-corrected chi connectivity index (χ1v) is 9.78. The molecule has 0 aromatic heterocycles. The summed E-state index contributed by atoms with van der Waals surface area (Å²) in [7, 11) is 0. The highest BCUT2D eigenvalue weighted by molar-refractivity contribution is 5.94. The van der Waals surface area contributed by atoms with Crippen molar-refractivity contribution in [2.75, 3.05) is 18.4 Å². The lowest BCUT2D eigenvalue weighted by Crippen LogP contribution is -2.40. The van der Waals surface area contributed by atoms with Crippen LogP contribution in [0.2, 0.25) is 0 Å². The Morgan fingerprint density at radius 1 is 1.14 bits per heavy atom. The molecule has 0 bridgehead atoms. The Hall–Kier alpha value is -2.31. The van der Waals surface area contributed by atoms with Crippen LogP contribution in [0, 0.1) is 5.92 Å². The number of carbonyl (C=O) groups is 2. The highest BCUT2D eigenvalue weighted by Gasteiger charge is 2.30. The molecule has 2 amide bonds. The maximum absolute atomic E-state index is 12.6. The number of allylic oxidation sites excluding steroid dienone is 1. The van der Waals surface area contributed by atoms with Gasteiger partial charge in [-0.15, -0.1) is 0 Å². The Kier molecular flexibility index (Phi) is 6.42. The van der Waals surface area contributed by atoms with Gasteiger partial charge < -0.3 is 10.2 Å². The molecule has 28 heavy (non-hydrogen) atoms. The largest absolute Gasteiger partial charge is 0.416 e. The lowest BCUT2D eigenvalue weighted by Gasteiger charge is -2.33. The minimum atomic E-state index is -4.39. The third-order valence-electron chi connectivity index (χ3n) is 5.40. The van der Waals surface area contributed by atoms with Gasteiger partial charge in [0.2, 0.25) is 11.8 Å². The van der Waals surface area contributed by atoms with Crippen LogP contribution in [0.4, 0.5) is 18.9 Å². The van der Waals surface area contributed by atoms with Crippen LogP contribution in [0.25, 0.3) is 0 Å². The molecule has 0 radical (unpaired) electrons. The summed E-state index contributed by atoms with van der Waals surface area (Å²) in [5.74, 6) is 0.191. The van der Waals surface area contributed by atoms with Crippen LogP contribution < -0.4 is 5.32 Å². The monoisotopic (exact) mass is 394 g/mol. The number of amides is 2. The zero-order valence-electron chi connectivity index (χ0n) is 15.7. The van der Waals surface area contributed by atoms with Crippen molar-refractivity contribution in [2.45, 2.75) is 51.1 Å². The molecule has 1 aromatic carbocycles. The molecule has 0 unspecified atom stereocenters. The second-order valence-electron chi connectivity index (χ2n) is 7.54. The van der Waals surface area contributed by atoms with E-state index in [0.29, 0.717) is 18.7 Å². The van der Waals surface area contributed by atoms with Gasteiger partial charge in [0.05, 0.1) is 5.56 Å². The molecule has 1 heterocycles. The summed E-state index contributed by atoms with van der Waals surface area (Å²) in [5, 5.41) is 2.64. The highest BCUT2D eigenvalue weighted by Crippen LogP contribution is 2.30. The van der Waals surface area contributed by atoms with Gasteiger partial charge in [-0.1, -0.05) is 6.08 Å². The molecule has 1 N–H and O–H groups in total. The van der Waals surface area contributed by atoms with Crippen LogP contribution in [0.3, 0.4) is 0 Å². The van der Waals surface area contributed by atoms with Crippen molar-refractivity contribution >= 4 is 17.5 Å². The van der Waals surface area contributed by atoms with Gasteiger partial charge in [-0.05, 0) is 68.7 Å². The van der Waals surface area contributed by atoms with Crippen LogP contribution in [-0.4, -0.2) is 29.8 Å². The molecular weight excluding hydrogens is 369 g/mol. The fourth-order valence-corrected chi connectivity index (χ4v) is 3.85. The van der Waals surface area contributed by atoms with Crippen LogP contribution in [0.5, 0.6) is 0 Å². The van der Waals surface area contributed by atoms with E-state index in [9.17, 15) is 22.8 Å². The summed E-state index contributed by atoms with van der Waals surface area (Å²) in [4.78, 5) is 26.6. The van der Waals surface area contributed by atoms with E-state index in [1.807, 2.05) is 11.0 Å². The maximum atomic E-state index is 12.6. The predicted octanol–water partition coefficient (Wildman–Crippen LogP) is 4.77. The van der Waals surface area contributed by atoms with Crippen molar-refractivity contribution in [3.8, 4) is 0 Å². The molecule has 0 spiro atoms. The van der Waals surface area contributed by atoms with Gasteiger partial charge in [0.25, 0.3) is 0 Å². The number of carbonyl (C=O) groups excluding carboxylic acids is 2. The average Bonchev–Trinajstić information content (AvgIpc) is 3.20. The van der Waals surface area contributed by atoms with E-state index in [0.717, 1.165) is 56.4 Å². The average molecular weight is 394 g/mol. The summed E-state index contributed by atoms with van der Waals surface area (Å²) in [5.41, 5.74) is 0.530. The normalized spacial score (nSPS) is 20.0.